The monoisotopic (exact) mass is 337 g/mol. The fraction of sp³-hybridized carbons (Fsp3) is 0.250. The number of amidine groups is 1. The van der Waals surface area contributed by atoms with Crippen LogP contribution in [0.2, 0.25) is 0 Å². The van der Waals surface area contributed by atoms with E-state index in [1.54, 1.807) is 0 Å². The molecule has 5 heteroatoms. The molecule has 1 aliphatic rings. The van der Waals surface area contributed by atoms with Crippen molar-refractivity contribution in [1.29, 1.82) is 5.41 Å². The Labute approximate surface area is 148 Å². The van der Waals surface area contributed by atoms with Crippen LogP contribution in [0.5, 0.6) is 0 Å². The van der Waals surface area contributed by atoms with Gasteiger partial charge in [-0.15, -0.1) is 0 Å². The van der Waals surface area contributed by atoms with Gasteiger partial charge in [-0.1, -0.05) is 55.1 Å². The Hall–Kier alpha value is -2.79. The minimum absolute atomic E-state index is 0.158. The van der Waals surface area contributed by atoms with Crippen molar-refractivity contribution in [3.8, 4) is 11.1 Å². The lowest BCUT2D eigenvalue weighted by atomic mass is 9.97. The molecule has 0 amide bonds. The van der Waals surface area contributed by atoms with Gasteiger partial charge in [0.2, 0.25) is 0 Å². The lowest BCUT2D eigenvalue weighted by Crippen LogP contribution is -2.32. The summed E-state index contributed by atoms with van der Waals surface area (Å²) in [6.45, 7) is 7.44. The van der Waals surface area contributed by atoms with Crippen LogP contribution >= 0.6 is 0 Å². The van der Waals surface area contributed by atoms with Crippen LogP contribution in [0.1, 0.15) is 18.1 Å². The van der Waals surface area contributed by atoms with Gasteiger partial charge in [0.05, 0.1) is 0 Å². The number of fused-ring (bicyclic) bond motifs is 3. The zero-order valence-corrected chi connectivity index (χ0v) is 14.4. The molecule has 0 saturated carbocycles. The van der Waals surface area contributed by atoms with E-state index >= 15 is 0 Å². The third kappa shape index (κ3) is 4.19. The molecule has 0 radical (unpaired) electrons. The van der Waals surface area contributed by atoms with E-state index in [-0.39, 0.29) is 6.02 Å². The van der Waals surface area contributed by atoms with Gasteiger partial charge < -0.3 is 9.64 Å². The molecule has 0 aliphatic carbocycles. The number of nitrogens with one attached hydrogen (secondary N) is 2. The number of ether oxygens (including phenoxy) is 1. The van der Waals surface area contributed by atoms with Crippen LogP contribution < -0.4 is 5.48 Å². The predicted octanol–water partition coefficient (Wildman–Crippen LogP) is 3.68. The Balaban J connectivity index is 1.70. The highest BCUT2D eigenvalue weighted by atomic mass is 16.7. The van der Waals surface area contributed by atoms with Gasteiger partial charge in [0.15, 0.2) is 0 Å². The van der Waals surface area contributed by atoms with Gasteiger partial charge in [0, 0.05) is 18.8 Å². The minimum atomic E-state index is 0.158. The molecule has 1 aliphatic heterocycles. The number of hydroxylamine groups is 1. The molecule has 0 aromatic heterocycles. The van der Waals surface area contributed by atoms with E-state index in [4.69, 9.17) is 15.0 Å². The quantitative estimate of drug-likeness (QED) is 0.378. The fourth-order valence-corrected chi connectivity index (χ4v) is 2.90. The molecule has 25 heavy (non-hydrogen) atoms. The van der Waals surface area contributed by atoms with Crippen LogP contribution in [0.4, 0.5) is 0 Å². The molecule has 1 heterocycles. The van der Waals surface area contributed by atoms with Crippen molar-refractivity contribution >= 4 is 6.02 Å². The lowest BCUT2D eigenvalue weighted by molar-refractivity contribution is 0.0336. The van der Waals surface area contributed by atoms with Gasteiger partial charge >= 0.3 is 0 Å². The second-order valence-corrected chi connectivity index (χ2v) is 6.05. The molecule has 2 N–H and O–H groups in total. The highest BCUT2D eigenvalue weighted by Crippen LogP contribution is 2.32. The smallest absolute Gasteiger partial charge is 0.285 e. The zero-order chi connectivity index (χ0) is 17.6. The van der Waals surface area contributed by atoms with E-state index in [9.17, 15) is 0 Å². The van der Waals surface area contributed by atoms with Gasteiger partial charge in [0.1, 0.15) is 13.2 Å². The summed E-state index contributed by atoms with van der Waals surface area (Å²) in [6.07, 6.45) is 0. The van der Waals surface area contributed by atoms with Crippen molar-refractivity contribution < 1.29 is 9.57 Å². The summed E-state index contributed by atoms with van der Waals surface area (Å²) >= 11 is 0. The number of allylic oxidation sites excluding steroid dienone is 1. The van der Waals surface area contributed by atoms with Crippen LogP contribution in [-0.4, -0.2) is 24.1 Å². The highest BCUT2D eigenvalue weighted by molar-refractivity contribution is 5.76. The van der Waals surface area contributed by atoms with Gasteiger partial charge in [0.25, 0.3) is 6.02 Å². The van der Waals surface area contributed by atoms with E-state index in [0.29, 0.717) is 26.3 Å². The van der Waals surface area contributed by atoms with E-state index in [2.05, 4.69) is 48.5 Å². The number of rotatable bonds is 5. The Morgan fingerprint density at radius 1 is 1.04 bits per heavy atom. The van der Waals surface area contributed by atoms with Gasteiger partial charge in [-0.3, -0.25) is 15.7 Å². The third-order valence-corrected chi connectivity index (χ3v) is 4.01. The summed E-state index contributed by atoms with van der Waals surface area (Å²) in [5, 5.41) is 8.29. The normalized spacial score (nSPS) is 12.6. The van der Waals surface area contributed by atoms with Crippen molar-refractivity contribution in [3.05, 3.63) is 71.9 Å². The van der Waals surface area contributed by atoms with Crippen molar-refractivity contribution in [2.45, 2.75) is 20.0 Å². The van der Waals surface area contributed by atoms with Crippen molar-refractivity contribution in [2.24, 2.45) is 0 Å². The Morgan fingerprint density at radius 3 is 2.16 bits per heavy atom. The van der Waals surface area contributed by atoms with Crippen molar-refractivity contribution in [2.75, 3.05) is 13.2 Å². The Kier molecular flexibility index (Phi) is 5.36. The third-order valence-electron chi connectivity index (χ3n) is 4.01. The number of nitrogens with zero attached hydrogens (tertiary/aromatic N) is 1. The first-order chi connectivity index (χ1) is 12.1. The molecule has 0 spiro atoms. The van der Waals surface area contributed by atoms with E-state index < -0.39 is 0 Å². The number of hydrogen-bond donors (Lipinski definition) is 2. The molecule has 0 bridgehead atoms. The first-order valence-electron chi connectivity index (χ1n) is 8.31. The maximum atomic E-state index is 8.29. The molecule has 0 saturated heterocycles. The highest BCUT2D eigenvalue weighted by Gasteiger charge is 2.21. The molecular weight excluding hydrogens is 314 g/mol. The summed E-state index contributed by atoms with van der Waals surface area (Å²) in [4.78, 5) is 7.12. The first-order valence-corrected chi connectivity index (χ1v) is 8.31. The van der Waals surface area contributed by atoms with E-state index in [1.807, 2.05) is 24.0 Å². The topological polar surface area (TPSA) is 57.6 Å². The molecule has 2 aromatic rings. The molecule has 130 valence electrons. The van der Waals surface area contributed by atoms with Crippen LogP contribution in [0.3, 0.4) is 0 Å². The van der Waals surface area contributed by atoms with Crippen LogP contribution in [0, 0.1) is 5.41 Å². The SMILES string of the molecule is C=C(C)NOCCOC(=N)N1Cc2ccccc2-c2ccccc2C1. The molecule has 0 atom stereocenters. The average molecular weight is 337 g/mol. The van der Waals surface area contributed by atoms with E-state index in [1.165, 1.54) is 22.3 Å². The number of hydrogen-bond acceptors (Lipinski definition) is 4. The fourth-order valence-electron chi connectivity index (χ4n) is 2.90. The van der Waals surface area contributed by atoms with Crippen LogP contribution in [-0.2, 0) is 22.7 Å². The molecular formula is C20H23N3O2. The molecule has 5 nitrogen and oxygen atoms in total. The minimum Gasteiger partial charge on any atom is -0.463 e. The summed E-state index contributed by atoms with van der Waals surface area (Å²) in [6, 6.07) is 16.8. The summed E-state index contributed by atoms with van der Waals surface area (Å²) in [5.74, 6) is 0. The molecule has 0 unspecified atom stereocenters. The second-order valence-electron chi connectivity index (χ2n) is 6.05. The van der Waals surface area contributed by atoms with Crippen LogP contribution in [0.15, 0.2) is 60.8 Å². The predicted molar refractivity (Wildman–Crippen MR) is 98.7 cm³/mol. The van der Waals surface area contributed by atoms with Crippen molar-refractivity contribution in [1.82, 2.24) is 10.4 Å². The molecule has 2 aromatic carbocycles. The Morgan fingerprint density at radius 2 is 1.60 bits per heavy atom. The van der Waals surface area contributed by atoms with Gasteiger partial charge in [-0.05, 0) is 29.2 Å². The largest absolute Gasteiger partial charge is 0.463 e. The summed E-state index contributed by atoms with van der Waals surface area (Å²) < 4.78 is 5.56. The van der Waals surface area contributed by atoms with Crippen LogP contribution in [0.25, 0.3) is 11.1 Å². The zero-order valence-electron chi connectivity index (χ0n) is 14.4. The van der Waals surface area contributed by atoms with Gasteiger partial charge in [-0.2, -0.15) is 0 Å². The van der Waals surface area contributed by atoms with Gasteiger partial charge in [-0.25, -0.2) is 0 Å². The van der Waals surface area contributed by atoms with E-state index in [0.717, 1.165) is 5.70 Å². The second kappa shape index (κ2) is 7.85. The first kappa shape index (κ1) is 17.0. The summed E-state index contributed by atoms with van der Waals surface area (Å²) in [7, 11) is 0. The van der Waals surface area contributed by atoms with Crippen molar-refractivity contribution in [3.63, 3.8) is 0 Å². The molecule has 0 fully saturated rings. The average Bonchev–Trinajstić information content (AvgIpc) is 2.78. The maximum absolute atomic E-state index is 8.29. The summed E-state index contributed by atoms with van der Waals surface area (Å²) in [5.41, 5.74) is 8.25. The lowest BCUT2D eigenvalue weighted by Gasteiger charge is -2.23. The number of benzene rings is 2. The maximum Gasteiger partial charge on any atom is 0.285 e. The molecule has 3 rings (SSSR count). The standard InChI is InChI=1S/C20H23N3O2/c1-15(2)22-25-12-11-24-20(21)23-13-16-7-3-5-9-18(16)19-10-6-4-8-17(19)14-23/h3-10,21-22H,1,11-14H2,2H3. The Bertz CT molecular complexity index is 726.